The standard InChI is InChI=1S/C69H78N7O11P/c1-47(2)86-88(85,87-48(3)4)76-61(45-54-36-22-10-23-37-54)68(82)74-59(43-52-32-18-8-19-33-52)66(80)72-57(41-50-28-14-6-15-29-50)64(78)70-56(40-49-26-12-5-13-27-49)63(77)71-58(42-51-30-16-7-17-31-51)65(79)73-60(44-53-34-20-9-21-35-53)67(81)75-62(69(83)84)46-55-38-24-11-25-39-55/h5-39,47-48,56-62H,40-46H2,1-4H3,(H,70,78)(H,71,77)(H,72,80)(H,73,79)(H,74,82)(H,75,81)(H,76,85)(H,83,84)/t56-,57-,58-,59-,60-,61-,62-/m0/s1. The van der Waals surface area contributed by atoms with E-state index >= 15 is 14.4 Å². The van der Waals surface area contributed by atoms with E-state index in [2.05, 4.69) is 37.0 Å². The normalized spacial score (nSPS) is 13.8. The Bertz CT molecular complexity index is 3380. The summed E-state index contributed by atoms with van der Waals surface area (Å²) in [6.45, 7) is 6.75. The molecule has 0 heterocycles. The maximum Gasteiger partial charge on any atom is 0.406 e. The van der Waals surface area contributed by atoms with Crippen molar-refractivity contribution < 1.29 is 52.3 Å². The van der Waals surface area contributed by atoms with E-state index in [1.165, 1.54) is 0 Å². The molecule has 0 saturated carbocycles. The van der Waals surface area contributed by atoms with E-state index in [1.54, 1.807) is 216 Å². The fraction of sp³-hybridized carbons (Fsp3) is 0.290. The Hall–Kier alpha value is -9.06. The highest BCUT2D eigenvalue weighted by Crippen LogP contribution is 2.47. The molecule has 0 aliphatic rings. The topological polar surface area (TPSA) is 259 Å². The maximum atomic E-state index is 15.2. The highest BCUT2D eigenvalue weighted by atomic mass is 31.2. The molecule has 0 aliphatic heterocycles. The number of amides is 6. The zero-order chi connectivity index (χ0) is 62.8. The van der Waals surface area contributed by atoms with Gasteiger partial charge in [0.25, 0.3) is 0 Å². The van der Waals surface area contributed by atoms with E-state index in [9.17, 15) is 28.8 Å². The first-order valence-electron chi connectivity index (χ1n) is 29.5. The minimum absolute atomic E-state index is 0.0169. The van der Waals surface area contributed by atoms with Gasteiger partial charge in [0, 0.05) is 38.5 Å². The fourth-order valence-corrected chi connectivity index (χ4v) is 11.7. The van der Waals surface area contributed by atoms with Crippen LogP contribution in [-0.2, 0) is 92.1 Å². The van der Waals surface area contributed by atoms with Gasteiger partial charge in [-0.15, -0.1) is 0 Å². The first kappa shape index (κ1) is 66.5. The second-order valence-corrected chi connectivity index (χ2v) is 23.7. The Kier molecular flexibility index (Phi) is 25.5. The molecule has 0 aliphatic carbocycles. The molecular formula is C69H78N7O11P. The number of hydrogen-bond acceptors (Lipinski definition) is 10. The summed E-state index contributed by atoms with van der Waals surface area (Å²) in [6.07, 6.45) is -1.42. The second-order valence-electron chi connectivity index (χ2n) is 22.0. The number of hydrogen-bond donors (Lipinski definition) is 8. The lowest BCUT2D eigenvalue weighted by atomic mass is 9.99. The van der Waals surface area contributed by atoms with Gasteiger partial charge in [-0.05, 0) is 73.1 Å². The summed E-state index contributed by atoms with van der Waals surface area (Å²) in [5, 5.41) is 30.2. The van der Waals surface area contributed by atoms with Gasteiger partial charge >= 0.3 is 13.7 Å². The van der Waals surface area contributed by atoms with Crippen LogP contribution in [0, 0.1) is 0 Å². The maximum absolute atomic E-state index is 15.2. The third-order valence-corrected chi connectivity index (χ3v) is 16.1. The molecule has 7 aromatic carbocycles. The molecule has 88 heavy (non-hydrogen) atoms. The molecule has 0 fully saturated rings. The molecule has 0 unspecified atom stereocenters. The van der Waals surface area contributed by atoms with E-state index < -0.39 is 104 Å². The first-order chi connectivity index (χ1) is 42.4. The smallest absolute Gasteiger partial charge is 0.406 e. The zero-order valence-corrected chi connectivity index (χ0v) is 50.7. The molecule has 7 rings (SSSR count). The zero-order valence-electron chi connectivity index (χ0n) is 49.8. The predicted octanol–water partition coefficient (Wildman–Crippen LogP) is 7.60. The van der Waals surface area contributed by atoms with Crippen LogP contribution in [0.4, 0.5) is 0 Å². The molecular weight excluding hydrogens is 1130 g/mol. The molecule has 19 heteroatoms. The van der Waals surface area contributed by atoms with Crippen molar-refractivity contribution in [2.75, 3.05) is 0 Å². The Balaban J connectivity index is 1.19. The molecule has 0 spiro atoms. The largest absolute Gasteiger partial charge is 0.480 e. The first-order valence-corrected chi connectivity index (χ1v) is 31.0. The van der Waals surface area contributed by atoms with Crippen LogP contribution in [0.2, 0.25) is 0 Å². The summed E-state index contributed by atoms with van der Waals surface area (Å²) >= 11 is 0. The monoisotopic (exact) mass is 1210 g/mol. The van der Waals surface area contributed by atoms with Crippen molar-refractivity contribution in [2.45, 2.75) is 127 Å². The molecule has 7 atom stereocenters. The van der Waals surface area contributed by atoms with Gasteiger partial charge in [-0.25, -0.2) is 14.4 Å². The molecule has 8 N–H and O–H groups in total. The van der Waals surface area contributed by atoms with Crippen molar-refractivity contribution >= 4 is 49.2 Å². The lowest BCUT2D eigenvalue weighted by molar-refractivity contribution is -0.142. The SMILES string of the molecule is CC(C)OP(=O)(N[C@@H](Cc1ccccc1)C(=O)N[C@@H](Cc1ccccc1)C(=O)N[C@@H](Cc1ccccc1)C(=O)N[C@@H](Cc1ccccc1)C(=O)N[C@@H](Cc1ccccc1)C(=O)N[C@@H](Cc1ccccc1)C(=O)N[C@@H](Cc1ccccc1)C(=O)O)OC(C)C. The van der Waals surface area contributed by atoms with Crippen LogP contribution in [0.15, 0.2) is 212 Å². The Morgan fingerprint density at radius 1 is 0.307 bits per heavy atom. The number of nitrogens with one attached hydrogen (secondary N) is 7. The van der Waals surface area contributed by atoms with Crippen molar-refractivity contribution in [3.8, 4) is 0 Å². The van der Waals surface area contributed by atoms with E-state index in [0.29, 0.717) is 38.9 Å². The third-order valence-electron chi connectivity index (χ3n) is 14.1. The summed E-state index contributed by atoms with van der Waals surface area (Å²) in [6, 6.07) is 53.1. The Morgan fingerprint density at radius 3 is 0.670 bits per heavy atom. The van der Waals surface area contributed by atoms with Gasteiger partial charge in [-0.3, -0.25) is 37.8 Å². The summed E-state index contributed by atoms with van der Waals surface area (Å²) in [5.74, 6) is -5.82. The van der Waals surface area contributed by atoms with Gasteiger partial charge in [-0.2, -0.15) is 0 Å². The predicted molar refractivity (Wildman–Crippen MR) is 337 cm³/mol. The summed E-state index contributed by atoms with van der Waals surface area (Å²) in [5.41, 5.74) is 4.66. The van der Waals surface area contributed by atoms with Crippen molar-refractivity contribution in [1.29, 1.82) is 0 Å². The molecule has 0 radical (unpaired) electrons. The lowest BCUT2D eigenvalue weighted by Gasteiger charge is -2.29. The number of carbonyl (C=O) groups excluding carboxylic acids is 6. The summed E-state index contributed by atoms with van der Waals surface area (Å²) in [7, 11) is -4.16. The molecule has 0 saturated heterocycles. The lowest BCUT2D eigenvalue weighted by Crippen LogP contribution is -2.61. The minimum atomic E-state index is -4.16. The Morgan fingerprint density at radius 2 is 0.477 bits per heavy atom. The minimum Gasteiger partial charge on any atom is -0.480 e. The van der Waals surface area contributed by atoms with Crippen LogP contribution in [0.1, 0.15) is 66.6 Å². The second kappa shape index (κ2) is 33.7. The average molecular weight is 1210 g/mol. The summed E-state index contributed by atoms with van der Waals surface area (Å²) < 4.78 is 26.0. The molecule has 460 valence electrons. The van der Waals surface area contributed by atoms with Crippen LogP contribution >= 0.6 is 7.75 Å². The molecule has 6 amide bonds. The number of rotatable bonds is 33. The van der Waals surface area contributed by atoms with Gasteiger partial charge in [0.15, 0.2) is 0 Å². The van der Waals surface area contributed by atoms with Crippen molar-refractivity contribution in [3.05, 3.63) is 251 Å². The molecule has 0 bridgehead atoms. The van der Waals surface area contributed by atoms with Crippen LogP contribution < -0.4 is 37.0 Å². The number of benzene rings is 7. The van der Waals surface area contributed by atoms with Crippen molar-refractivity contribution in [2.24, 2.45) is 0 Å². The van der Waals surface area contributed by atoms with E-state index in [-0.39, 0.29) is 44.9 Å². The van der Waals surface area contributed by atoms with Gasteiger partial charge in [-0.1, -0.05) is 212 Å². The van der Waals surface area contributed by atoms with Crippen molar-refractivity contribution in [1.82, 2.24) is 37.0 Å². The van der Waals surface area contributed by atoms with Gasteiger partial charge in [0.1, 0.15) is 42.3 Å². The fourth-order valence-electron chi connectivity index (χ4n) is 9.86. The Labute approximate surface area is 514 Å². The summed E-state index contributed by atoms with van der Waals surface area (Å²) in [4.78, 5) is 102. The number of aliphatic carboxylic acids is 1. The van der Waals surface area contributed by atoms with Crippen molar-refractivity contribution in [3.63, 3.8) is 0 Å². The van der Waals surface area contributed by atoms with Crippen LogP contribution in [0.5, 0.6) is 0 Å². The van der Waals surface area contributed by atoms with Gasteiger partial charge in [0.2, 0.25) is 35.4 Å². The highest BCUT2D eigenvalue weighted by molar-refractivity contribution is 7.51. The third kappa shape index (κ3) is 22.0. The highest BCUT2D eigenvalue weighted by Gasteiger charge is 2.38. The number of carboxylic acid groups (broad SMARTS) is 1. The van der Waals surface area contributed by atoms with Crippen LogP contribution in [-0.4, -0.2) is 101 Å². The van der Waals surface area contributed by atoms with E-state index in [4.69, 9.17) is 9.05 Å². The van der Waals surface area contributed by atoms with Crippen LogP contribution in [0.3, 0.4) is 0 Å². The van der Waals surface area contributed by atoms with Gasteiger partial charge in [0.05, 0.1) is 12.2 Å². The number of carbonyl (C=O) groups is 7. The van der Waals surface area contributed by atoms with E-state index in [1.807, 2.05) is 24.3 Å². The number of carboxylic acids is 1. The molecule has 18 nitrogen and oxygen atoms in total. The van der Waals surface area contributed by atoms with Gasteiger partial charge < -0.3 is 37.0 Å². The molecule has 0 aromatic heterocycles. The van der Waals surface area contributed by atoms with E-state index in [0.717, 1.165) is 0 Å². The molecule has 7 aromatic rings. The quantitative estimate of drug-likeness (QED) is 0.0185. The average Bonchev–Trinajstić information content (AvgIpc) is 3.71. The van der Waals surface area contributed by atoms with Crippen LogP contribution in [0.25, 0.3) is 0 Å².